The fourth-order valence-corrected chi connectivity index (χ4v) is 0.158. The zero-order valence-electron chi connectivity index (χ0n) is 5.20. The number of aliphatic hydroxyl groups is 1. The Hall–Kier alpha value is 2.27. The molecule has 1 N–H and O–H groups in total. The van der Waals surface area contributed by atoms with E-state index in [4.69, 9.17) is 5.11 Å². The van der Waals surface area contributed by atoms with Crippen molar-refractivity contribution in [2.24, 2.45) is 0 Å². The maximum absolute atomic E-state index is 8.07. The first-order valence-corrected chi connectivity index (χ1v) is 26.1. The quantitative estimate of drug-likeness (QED) is 0.587. The van der Waals surface area contributed by atoms with Crippen LogP contribution in [0.1, 0.15) is 19.8 Å². The second kappa shape index (κ2) is 12.9. The molecule has 5 heteroatoms. The first-order chi connectivity index (χ1) is 4.15. The molecule has 9 heavy (non-hydrogen) atoms. The second-order valence-electron chi connectivity index (χ2n) is 1.29. The Kier molecular flexibility index (Phi) is 19.8. The van der Waals surface area contributed by atoms with Crippen molar-refractivity contribution in [3.05, 3.63) is 0 Å². The number of aliphatic hydroxyl groups excluding tert-OH is 1. The van der Waals surface area contributed by atoms with E-state index in [0.717, 1.165) is 12.8 Å². The summed E-state index contributed by atoms with van der Waals surface area (Å²) >= 11 is 8.73. The van der Waals surface area contributed by atoms with Gasteiger partial charge >= 0.3 is 51.3 Å². The fourth-order valence-electron chi connectivity index (χ4n) is 0.158. The van der Waals surface area contributed by atoms with E-state index in [9.17, 15) is 0 Å². The van der Waals surface area contributed by atoms with Crippen LogP contribution in [0.15, 0.2) is 0 Å². The van der Waals surface area contributed by atoms with Crippen LogP contribution in [0.25, 0.3) is 0 Å². The summed E-state index contributed by atoms with van der Waals surface area (Å²) in [7, 11) is 0. The van der Waals surface area contributed by atoms with Crippen molar-refractivity contribution in [2.75, 3.05) is 6.61 Å². The third-order valence-corrected chi connectivity index (χ3v) is 0.512. The van der Waals surface area contributed by atoms with Gasteiger partial charge in [0, 0.05) is 6.61 Å². The van der Waals surface area contributed by atoms with Gasteiger partial charge in [0.25, 0.3) is 0 Å². The van der Waals surface area contributed by atoms with Gasteiger partial charge in [-0.2, -0.15) is 0 Å². The molecule has 0 aliphatic rings. The monoisotopic (exact) mass is 491 g/mol. The van der Waals surface area contributed by atoms with Gasteiger partial charge in [0.1, 0.15) is 0 Å². The Morgan fingerprint density at radius 2 is 1.67 bits per heavy atom. The molecule has 0 saturated heterocycles. The van der Waals surface area contributed by atoms with E-state index in [1.165, 1.54) is 0 Å². The molecule has 0 aromatic heterocycles. The average Bonchev–Trinajstić information content (AvgIpc) is 1.66. The number of unbranched alkanes of at least 4 members (excludes halogenated alkanes) is 1. The van der Waals surface area contributed by atoms with Gasteiger partial charge in [-0.1, -0.05) is 13.3 Å². The van der Waals surface area contributed by atoms with Crippen LogP contribution in [-0.4, -0.2) is 11.7 Å². The summed E-state index contributed by atoms with van der Waals surface area (Å²) in [6.07, 6.45) is 2.04. The minimum atomic E-state index is -1.22. The third-order valence-electron chi connectivity index (χ3n) is 0.512. The molecular formula is C4H10Br3HfO. The minimum absolute atomic E-state index is 0.344. The Morgan fingerprint density at radius 3 is 1.67 bits per heavy atom. The van der Waals surface area contributed by atoms with E-state index >= 15 is 0 Å². The van der Waals surface area contributed by atoms with Crippen LogP contribution < -0.4 is 0 Å². The Morgan fingerprint density at radius 1 is 1.33 bits per heavy atom. The molecule has 57 valence electrons. The number of halogens is 3. The maximum atomic E-state index is 8.07. The van der Waals surface area contributed by atoms with Crippen LogP contribution in [0, 0.1) is 0 Å². The Labute approximate surface area is 81.6 Å². The average molecular weight is 492 g/mol. The molecule has 0 heterocycles. The van der Waals surface area contributed by atoms with Crippen molar-refractivity contribution in [1.82, 2.24) is 0 Å². The molecule has 0 rings (SSSR count). The van der Waals surface area contributed by atoms with Crippen molar-refractivity contribution in [2.45, 2.75) is 19.8 Å². The van der Waals surface area contributed by atoms with Crippen molar-refractivity contribution in [1.29, 1.82) is 0 Å². The number of hydrogen-bond acceptors (Lipinski definition) is 1. The Balaban J connectivity index is 0. The molecule has 0 unspecified atom stereocenters. The van der Waals surface area contributed by atoms with Gasteiger partial charge in [-0.3, -0.25) is 0 Å². The molecule has 0 atom stereocenters. The van der Waals surface area contributed by atoms with Crippen LogP contribution in [0.5, 0.6) is 0 Å². The number of rotatable bonds is 2. The normalized spacial score (nSPS) is 7.67. The third kappa shape index (κ3) is 38.5. The van der Waals surface area contributed by atoms with E-state index in [1.54, 1.807) is 0 Å². The van der Waals surface area contributed by atoms with Crippen molar-refractivity contribution in [3.63, 3.8) is 0 Å². The summed E-state index contributed by atoms with van der Waals surface area (Å²) in [5, 5.41) is 8.07. The summed E-state index contributed by atoms with van der Waals surface area (Å²) < 4.78 is 0. The predicted molar refractivity (Wildman–Crippen MR) is 48.8 cm³/mol. The summed E-state index contributed by atoms with van der Waals surface area (Å²) in [6.45, 7) is 2.40. The molecule has 0 aliphatic heterocycles. The molecule has 0 aromatic rings. The first kappa shape index (κ1) is 13.8. The fraction of sp³-hybridized carbons (Fsp3) is 1.00. The molecule has 0 amide bonds. The molecule has 0 saturated carbocycles. The second-order valence-corrected chi connectivity index (χ2v) is 48.4. The summed E-state index contributed by atoms with van der Waals surface area (Å²) in [5.41, 5.74) is 0. The zero-order chi connectivity index (χ0) is 7.70. The zero-order valence-corrected chi connectivity index (χ0v) is 13.6. The van der Waals surface area contributed by atoms with Crippen LogP contribution >= 0.6 is 36.9 Å². The van der Waals surface area contributed by atoms with Crippen LogP contribution in [-0.2, 0) is 14.4 Å². The van der Waals surface area contributed by atoms with Gasteiger partial charge in [0.15, 0.2) is 0 Å². The standard InChI is InChI=1S/C4H10O.3BrH.Hf/c1-2-3-4-5;;;;/h5H,2-4H2,1H3;3*1H;/q;;;;+3/p-3. The summed E-state index contributed by atoms with van der Waals surface area (Å²) in [4.78, 5) is 0. The summed E-state index contributed by atoms with van der Waals surface area (Å²) in [5.74, 6) is 0. The molecule has 0 aromatic carbocycles. The van der Waals surface area contributed by atoms with Gasteiger partial charge in [-0.25, -0.2) is 0 Å². The predicted octanol–water partition coefficient (Wildman–Crippen LogP) is 3.31. The van der Waals surface area contributed by atoms with Crippen LogP contribution in [0.3, 0.4) is 0 Å². The molecule has 0 radical (unpaired) electrons. The van der Waals surface area contributed by atoms with Gasteiger partial charge in [-0.05, 0) is 6.42 Å². The number of hydrogen-bond donors (Lipinski definition) is 1. The molecule has 0 fully saturated rings. The van der Waals surface area contributed by atoms with Crippen LogP contribution in [0.4, 0.5) is 0 Å². The Bertz CT molecular complexity index is 40.0. The molecule has 1 nitrogen and oxygen atoms in total. The molecule has 0 aliphatic carbocycles. The van der Waals surface area contributed by atoms with E-state index < -0.39 is 14.4 Å². The summed E-state index contributed by atoms with van der Waals surface area (Å²) in [6, 6.07) is 0. The van der Waals surface area contributed by atoms with Gasteiger partial charge in [-0.15, -0.1) is 0 Å². The van der Waals surface area contributed by atoms with Crippen molar-refractivity contribution in [3.8, 4) is 0 Å². The molecule has 0 spiro atoms. The van der Waals surface area contributed by atoms with Gasteiger partial charge in [0.2, 0.25) is 0 Å². The van der Waals surface area contributed by atoms with Gasteiger partial charge < -0.3 is 5.11 Å². The van der Waals surface area contributed by atoms with E-state index in [1.807, 2.05) is 0 Å². The molecule has 0 bridgehead atoms. The van der Waals surface area contributed by atoms with E-state index in [-0.39, 0.29) is 0 Å². The van der Waals surface area contributed by atoms with Crippen LogP contribution in [0.2, 0.25) is 0 Å². The van der Waals surface area contributed by atoms with E-state index in [0.29, 0.717) is 6.61 Å². The van der Waals surface area contributed by atoms with Crippen molar-refractivity contribution >= 4 is 36.9 Å². The SMILES string of the molecule is CCCCO.[Br][Hf]([Br])[Br]. The first-order valence-electron chi connectivity index (χ1n) is 2.59. The van der Waals surface area contributed by atoms with Crippen molar-refractivity contribution < 1.29 is 19.6 Å². The van der Waals surface area contributed by atoms with Gasteiger partial charge in [0.05, 0.1) is 0 Å². The molecular weight excluding hydrogens is 482 g/mol. The topological polar surface area (TPSA) is 20.2 Å². The van der Waals surface area contributed by atoms with E-state index in [2.05, 4.69) is 43.8 Å².